The number of aryl methyl sites for hydroxylation is 1. The fraction of sp³-hybridized carbons (Fsp3) is 0.267. The average molecular weight is 305 g/mol. The van der Waals surface area contributed by atoms with Gasteiger partial charge in [0.1, 0.15) is 9.88 Å². The van der Waals surface area contributed by atoms with Gasteiger partial charge in [0.2, 0.25) is 0 Å². The van der Waals surface area contributed by atoms with Crippen LogP contribution < -0.4 is 0 Å². The van der Waals surface area contributed by atoms with Crippen molar-refractivity contribution in [2.24, 2.45) is 0 Å². The fourth-order valence-electron chi connectivity index (χ4n) is 1.68. The van der Waals surface area contributed by atoms with E-state index in [9.17, 15) is 9.59 Å². The molecule has 0 saturated heterocycles. The minimum absolute atomic E-state index is 0.258. The van der Waals surface area contributed by atoms with E-state index in [0.717, 1.165) is 10.6 Å². The molecule has 1 aromatic heterocycles. The van der Waals surface area contributed by atoms with Gasteiger partial charge >= 0.3 is 11.9 Å². The molecule has 0 radical (unpaired) electrons. The van der Waals surface area contributed by atoms with Crippen LogP contribution in [0.5, 0.6) is 0 Å². The van der Waals surface area contributed by atoms with Gasteiger partial charge in [-0.25, -0.2) is 14.6 Å². The first-order valence-corrected chi connectivity index (χ1v) is 7.29. The first kappa shape index (κ1) is 15.2. The number of carbonyl (C=O) groups is 2. The Kier molecular flexibility index (Phi) is 5.05. The van der Waals surface area contributed by atoms with Crippen LogP contribution >= 0.6 is 11.3 Å². The highest BCUT2D eigenvalue weighted by molar-refractivity contribution is 7.17. The van der Waals surface area contributed by atoms with Gasteiger partial charge in [0, 0.05) is 5.56 Å². The van der Waals surface area contributed by atoms with Crippen LogP contribution in [0, 0.1) is 6.92 Å². The minimum Gasteiger partial charge on any atom is -0.463 e. The highest BCUT2D eigenvalue weighted by atomic mass is 32.1. The van der Waals surface area contributed by atoms with E-state index < -0.39 is 11.9 Å². The SMILES string of the molecule is CCOC(=O)COC(=O)c1sc(-c2ccccc2)nc1C. The molecule has 0 spiro atoms. The molecule has 0 aliphatic heterocycles. The number of nitrogens with zero attached hydrogens (tertiary/aromatic N) is 1. The predicted octanol–water partition coefficient (Wildman–Crippen LogP) is 2.84. The quantitative estimate of drug-likeness (QED) is 0.795. The molecule has 0 aliphatic carbocycles. The highest BCUT2D eigenvalue weighted by Gasteiger charge is 2.18. The number of rotatable bonds is 5. The molecule has 6 heteroatoms. The molecule has 5 nitrogen and oxygen atoms in total. The lowest BCUT2D eigenvalue weighted by Gasteiger charge is -2.03. The van der Waals surface area contributed by atoms with Gasteiger partial charge in [-0.2, -0.15) is 0 Å². The Morgan fingerprint density at radius 1 is 1.19 bits per heavy atom. The zero-order chi connectivity index (χ0) is 15.2. The summed E-state index contributed by atoms with van der Waals surface area (Å²) >= 11 is 1.25. The van der Waals surface area contributed by atoms with Crippen LogP contribution in [0.25, 0.3) is 10.6 Å². The lowest BCUT2D eigenvalue weighted by molar-refractivity contribution is -0.146. The molecular weight excluding hydrogens is 290 g/mol. The number of aromatic nitrogens is 1. The third-order valence-corrected chi connectivity index (χ3v) is 3.82. The zero-order valence-corrected chi connectivity index (χ0v) is 12.6. The summed E-state index contributed by atoms with van der Waals surface area (Å²) in [6, 6.07) is 9.58. The van der Waals surface area contributed by atoms with Crippen molar-refractivity contribution in [2.75, 3.05) is 13.2 Å². The first-order valence-electron chi connectivity index (χ1n) is 6.47. The Hall–Kier alpha value is -2.21. The summed E-state index contributed by atoms with van der Waals surface area (Å²) in [5.74, 6) is -1.11. The predicted molar refractivity (Wildman–Crippen MR) is 79.2 cm³/mol. The largest absolute Gasteiger partial charge is 0.463 e. The normalized spacial score (nSPS) is 10.2. The number of carbonyl (C=O) groups excluding carboxylic acids is 2. The smallest absolute Gasteiger partial charge is 0.350 e. The Bertz CT molecular complexity index is 636. The van der Waals surface area contributed by atoms with Crippen LogP contribution in [-0.4, -0.2) is 30.1 Å². The molecule has 2 aromatic rings. The molecule has 0 aliphatic rings. The van der Waals surface area contributed by atoms with Crippen molar-refractivity contribution in [3.05, 3.63) is 40.9 Å². The van der Waals surface area contributed by atoms with E-state index in [1.165, 1.54) is 11.3 Å². The van der Waals surface area contributed by atoms with E-state index in [1.807, 2.05) is 30.3 Å². The summed E-state index contributed by atoms with van der Waals surface area (Å²) in [7, 11) is 0. The van der Waals surface area contributed by atoms with Gasteiger partial charge in [0.05, 0.1) is 12.3 Å². The molecule has 0 bridgehead atoms. The van der Waals surface area contributed by atoms with E-state index in [0.29, 0.717) is 10.6 Å². The summed E-state index contributed by atoms with van der Waals surface area (Å²) in [5, 5.41) is 0.746. The summed E-state index contributed by atoms with van der Waals surface area (Å²) in [6.45, 7) is 3.31. The Balaban J connectivity index is 2.09. The van der Waals surface area contributed by atoms with Gasteiger partial charge in [-0.15, -0.1) is 11.3 Å². The summed E-state index contributed by atoms with van der Waals surface area (Å²) in [5.41, 5.74) is 1.53. The Labute approximate surface area is 126 Å². The summed E-state index contributed by atoms with van der Waals surface area (Å²) in [4.78, 5) is 27.9. The first-order chi connectivity index (χ1) is 10.1. The van der Waals surface area contributed by atoms with Crippen molar-refractivity contribution in [2.45, 2.75) is 13.8 Å². The van der Waals surface area contributed by atoms with Gasteiger partial charge in [-0.05, 0) is 13.8 Å². The number of hydrogen-bond donors (Lipinski definition) is 0. The Morgan fingerprint density at radius 2 is 1.90 bits per heavy atom. The van der Waals surface area contributed by atoms with E-state index in [4.69, 9.17) is 9.47 Å². The second kappa shape index (κ2) is 6.99. The molecule has 1 aromatic carbocycles. The fourth-order valence-corrected chi connectivity index (χ4v) is 2.65. The maximum Gasteiger partial charge on any atom is 0.350 e. The maximum atomic E-state index is 12.0. The molecule has 0 amide bonds. The second-order valence-corrected chi connectivity index (χ2v) is 5.18. The van der Waals surface area contributed by atoms with E-state index in [1.54, 1.807) is 13.8 Å². The van der Waals surface area contributed by atoms with Crippen LogP contribution in [0.15, 0.2) is 30.3 Å². The third-order valence-electron chi connectivity index (χ3n) is 2.63. The molecule has 2 rings (SSSR count). The van der Waals surface area contributed by atoms with Crippen molar-refractivity contribution < 1.29 is 19.1 Å². The van der Waals surface area contributed by atoms with Crippen molar-refractivity contribution in [1.82, 2.24) is 4.98 Å². The molecule has 0 atom stereocenters. The number of thiazole rings is 1. The number of ether oxygens (including phenoxy) is 2. The van der Waals surface area contributed by atoms with Crippen LogP contribution in [0.4, 0.5) is 0 Å². The number of hydrogen-bond acceptors (Lipinski definition) is 6. The average Bonchev–Trinajstić information content (AvgIpc) is 2.88. The number of esters is 2. The molecule has 21 heavy (non-hydrogen) atoms. The summed E-state index contributed by atoms with van der Waals surface area (Å²) in [6.07, 6.45) is 0. The lowest BCUT2D eigenvalue weighted by atomic mass is 10.2. The van der Waals surface area contributed by atoms with Crippen molar-refractivity contribution in [3.8, 4) is 10.6 Å². The third kappa shape index (κ3) is 3.88. The number of benzene rings is 1. The molecule has 110 valence electrons. The second-order valence-electron chi connectivity index (χ2n) is 4.18. The van der Waals surface area contributed by atoms with Crippen LogP contribution in [-0.2, 0) is 14.3 Å². The summed E-state index contributed by atoms with van der Waals surface area (Å²) < 4.78 is 9.63. The highest BCUT2D eigenvalue weighted by Crippen LogP contribution is 2.28. The molecule has 0 N–H and O–H groups in total. The molecule has 0 fully saturated rings. The lowest BCUT2D eigenvalue weighted by Crippen LogP contribution is -2.16. The van der Waals surface area contributed by atoms with Gasteiger partial charge in [-0.1, -0.05) is 30.3 Å². The van der Waals surface area contributed by atoms with Gasteiger partial charge in [0.25, 0.3) is 0 Å². The van der Waals surface area contributed by atoms with Crippen molar-refractivity contribution in [3.63, 3.8) is 0 Å². The van der Waals surface area contributed by atoms with Gasteiger partial charge in [-0.3, -0.25) is 0 Å². The molecule has 1 heterocycles. The van der Waals surface area contributed by atoms with Gasteiger partial charge < -0.3 is 9.47 Å². The van der Waals surface area contributed by atoms with E-state index in [2.05, 4.69) is 4.98 Å². The van der Waals surface area contributed by atoms with Crippen LogP contribution in [0.3, 0.4) is 0 Å². The topological polar surface area (TPSA) is 65.5 Å². The molecule has 0 unspecified atom stereocenters. The van der Waals surface area contributed by atoms with Gasteiger partial charge in [0.15, 0.2) is 6.61 Å². The van der Waals surface area contributed by atoms with E-state index in [-0.39, 0.29) is 13.2 Å². The molecular formula is C15H15NO4S. The van der Waals surface area contributed by atoms with Crippen LogP contribution in [0.2, 0.25) is 0 Å². The standard InChI is InChI=1S/C15H15NO4S/c1-3-19-12(17)9-20-15(18)13-10(2)16-14(21-13)11-7-5-4-6-8-11/h4-8H,3,9H2,1-2H3. The maximum absolute atomic E-state index is 12.0. The van der Waals surface area contributed by atoms with Crippen LogP contribution in [0.1, 0.15) is 22.3 Å². The monoisotopic (exact) mass is 305 g/mol. The minimum atomic E-state index is -0.559. The van der Waals surface area contributed by atoms with E-state index >= 15 is 0 Å². The Morgan fingerprint density at radius 3 is 2.57 bits per heavy atom. The zero-order valence-electron chi connectivity index (χ0n) is 11.8. The van der Waals surface area contributed by atoms with Crippen molar-refractivity contribution in [1.29, 1.82) is 0 Å². The molecule has 0 saturated carbocycles. The van der Waals surface area contributed by atoms with Crippen molar-refractivity contribution >= 4 is 23.3 Å².